The summed E-state index contributed by atoms with van der Waals surface area (Å²) >= 11 is 0. The van der Waals surface area contributed by atoms with E-state index in [1.807, 2.05) is 0 Å². The highest BCUT2D eigenvalue weighted by Gasteiger charge is 2.30. The van der Waals surface area contributed by atoms with Gasteiger partial charge in [0, 0.05) is 12.5 Å². The van der Waals surface area contributed by atoms with Gasteiger partial charge in [-0.25, -0.2) is 5.43 Å². The number of fused-ring (bicyclic) bond motifs is 3. The Morgan fingerprint density at radius 3 is 2.75 bits per heavy atom. The number of aromatic amines is 1. The molecular formula is C8H14ClN7. The third-order valence-corrected chi connectivity index (χ3v) is 3.09. The van der Waals surface area contributed by atoms with Crippen LogP contribution < -0.4 is 5.43 Å². The van der Waals surface area contributed by atoms with Crippen LogP contribution in [0.3, 0.4) is 0 Å². The number of nitrogens with one attached hydrogen (secondary N) is 2. The van der Waals surface area contributed by atoms with Gasteiger partial charge < -0.3 is 0 Å². The first-order chi connectivity index (χ1) is 7.42. The van der Waals surface area contributed by atoms with Crippen molar-refractivity contribution in [3.05, 3.63) is 0 Å². The number of tetrazole rings is 1. The molecule has 0 unspecified atom stereocenters. The van der Waals surface area contributed by atoms with E-state index in [1.54, 1.807) is 0 Å². The summed E-state index contributed by atoms with van der Waals surface area (Å²) in [5.74, 6) is 1.08. The topological polar surface area (TPSA) is 82.1 Å². The molecule has 2 N–H and O–H groups in total. The Labute approximate surface area is 99.1 Å². The largest absolute Gasteiger partial charge is 0.298 e. The lowest BCUT2D eigenvalue weighted by Gasteiger charge is -2.39. The summed E-state index contributed by atoms with van der Waals surface area (Å²) in [6.07, 6.45) is 2.46. The third kappa shape index (κ3) is 2.14. The number of hydrazone groups is 1. The zero-order valence-electron chi connectivity index (χ0n) is 8.76. The predicted octanol–water partition coefficient (Wildman–Crippen LogP) is 0.115. The van der Waals surface area contributed by atoms with Crippen LogP contribution in [0.2, 0.25) is 0 Å². The molecule has 0 aromatic carbocycles. The number of anilines is 1. The van der Waals surface area contributed by atoms with Crippen molar-refractivity contribution in [2.75, 3.05) is 25.1 Å². The fourth-order valence-corrected chi connectivity index (χ4v) is 2.24. The summed E-state index contributed by atoms with van der Waals surface area (Å²) in [4.78, 5) is 2.43. The van der Waals surface area contributed by atoms with Crippen LogP contribution in [-0.2, 0) is 0 Å². The first kappa shape index (κ1) is 11.3. The fourth-order valence-electron chi connectivity index (χ4n) is 2.24. The van der Waals surface area contributed by atoms with Crippen molar-refractivity contribution >= 4 is 24.1 Å². The van der Waals surface area contributed by atoms with Crippen molar-refractivity contribution in [2.45, 2.75) is 12.8 Å². The van der Waals surface area contributed by atoms with Gasteiger partial charge in [-0.3, -0.25) is 4.90 Å². The molecule has 0 saturated carbocycles. The average molecular weight is 244 g/mol. The van der Waals surface area contributed by atoms with Gasteiger partial charge in [0.15, 0.2) is 0 Å². The van der Waals surface area contributed by atoms with Crippen LogP contribution in [0, 0.1) is 5.92 Å². The van der Waals surface area contributed by atoms with Crippen LogP contribution in [-0.4, -0.2) is 50.9 Å². The number of rotatable bonds is 2. The second-order valence-corrected chi connectivity index (χ2v) is 4.00. The van der Waals surface area contributed by atoms with Gasteiger partial charge in [0.2, 0.25) is 0 Å². The molecule has 0 aliphatic carbocycles. The third-order valence-electron chi connectivity index (χ3n) is 3.09. The lowest BCUT2D eigenvalue weighted by molar-refractivity contribution is 0.200. The van der Waals surface area contributed by atoms with E-state index >= 15 is 0 Å². The van der Waals surface area contributed by atoms with Gasteiger partial charge in [-0.2, -0.15) is 10.3 Å². The van der Waals surface area contributed by atoms with Crippen LogP contribution in [0.5, 0.6) is 0 Å². The molecule has 0 radical (unpaired) electrons. The standard InChI is InChI=1S/C8H13N7.ClH/c1-3-15-4-2-6(1)7(5-15)9-10-8-11-13-14-12-8;/h6H,1-5H2,(H2,10,11,12,13,14);1H. The Morgan fingerprint density at radius 1 is 1.38 bits per heavy atom. The molecule has 4 heterocycles. The maximum Gasteiger partial charge on any atom is 0.283 e. The number of aromatic nitrogens is 4. The van der Waals surface area contributed by atoms with Gasteiger partial charge in [-0.05, 0) is 31.1 Å². The van der Waals surface area contributed by atoms with Crippen molar-refractivity contribution in [3.63, 3.8) is 0 Å². The Morgan fingerprint density at radius 2 is 2.19 bits per heavy atom. The number of hydrogen-bond acceptors (Lipinski definition) is 6. The van der Waals surface area contributed by atoms with E-state index < -0.39 is 0 Å². The molecule has 3 fully saturated rings. The molecule has 1 aromatic rings. The number of H-pyrrole nitrogens is 1. The van der Waals surface area contributed by atoms with E-state index in [0.717, 1.165) is 6.54 Å². The van der Waals surface area contributed by atoms with E-state index in [4.69, 9.17) is 0 Å². The summed E-state index contributed by atoms with van der Waals surface area (Å²) in [6.45, 7) is 3.41. The van der Waals surface area contributed by atoms with Crippen LogP contribution in [0.1, 0.15) is 12.8 Å². The highest BCUT2D eigenvalue weighted by molar-refractivity contribution is 5.90. The smallest absolute Gasteiger partial charge is 0.283 e. The molecular weight excluding hydrogens is 230 g/mol. The molecule has 4 rings (SSSR count). The summed E-state index contributed by atoms with van der Waals surface area (Å²) in [5, 5.41) is 17.8. The molecule has 1 aromatic heterocycles. The van der Waals surface area contributed by atoms with Gasteiger partial charge in [0.05, 0.1) is 5.71 Å². The zero-order valence-corrected chi connectivity index (χ0v) is 9.57. The van der Waals surface area contributed by atoms with Gasteiger partial charge in [0.25, 0.3) is 5.95 Å². The summed E-state index contributed by atoms with van der Waals surface area (Å²) < 4.78 is 0. The number of nitrogens with zero attached hydrogens (tertiary/aromatic N) is 5. The maximum absolute atomic E-state index is 4.35. The summed E-state index contributed by atoms with van der Waals surface area (Å²) in [5.41, 5.74) is 4.04. The Kier molecular flexibility index (Phi) is 3.35. The zero-order chi connectivity index (χ0) is 10.1. The van der Waals surface area contributed by atoms with Crippen LogP contribution in [0.25, 0.3) is 0 Å². The van der Waals surface area contributed by atoms with Crippen LogP contribution in [0.4, 0.5) is 5.95 Å². The lowest BCUT2D eigenvalue weighted by Crippen LogP contribution is -2.48. The minimum Gasteiger partial charge on any atom is -0.298 e. The van der Waals surface area contributed by atoms with E-state index in [0.29, 0.717) is 11.9 Å². The highest BCUT2D eigenvalue weighted by Crippen LogP contribution is 2.25. The monoisotopic (exact) mass is 243 g/mol. The van der Waals surface area contributed by atoms with Crippen molar-refractivity contribution in [3.8, 4) is 0 Å². The van der Waals surface area contributed by atoms with Crippen LogP contribution in [0.15, 0.2) is 5.10 Å². The molecule has 88 valence electrons. The lowest BCUT2D eigenvalue weighted by atomic mass is 9.87. The molecule has 16 heavy (non-hydrogen) atoms. The Bertz CT molecular complexity index is 354. The van der Waals surface area contributed by atoms with Gasteiger partial charge in [-0.15, -0.1) is 17.5 Å². The summed E-state index contributed by atoms with van der Waals surface area (Å²) in [7, 11) is 0. The van der Waals surface area contributed by atoms with E-state index in [9.17, 15) is 0 Å². The molecule has 3 aliphatic heterocycles. The average Bonchev–Trinajstić information content (AvgIpc) is 2.81. The molecule has 2 bridgehead atoms. The Balaban J connectivity index is 0.000000963. The number of piperidine rings is 3. The number of hydrogen-bond donors (Lipinski definition) is 2. The normalized spacial score (nSPS) is 30.1. The first-order valence-corrected chi connectivity index (χ1v) is 5.20. The molecule has 8 heteroatoms. The highest BCUT2D eigenvalue weighted by atomic mass is 35.5. The van der Waals surface area contributed by atoms with Gasteiger partial charge in [0.1, 0.15) is 0 Å². The minimum atomic E-state index is 0. The molecule has 7 nitrogen and oxygen atoms in total. The minimum absolute atomic E-state index is 0. The molecule has 0 spiro atoms. The van der Waals surface area contributed by atoms with E-state index in [-0.39, 0.29) is 12.4 Å². The second-order valence-electron chi connectivity index (χ2n) is 4.00. The SMILES string of the molecule is C1CN2CCC1C(=NNc1nn[nH]n1)C2.Cl. The van der Waals surface area contributed by atoms with Gasteiger partial charge in [-0.1, -0.05) is 5.10 Å². The molecule has 3 aliphatic rings. The quantitative estimate of drug-likeness (QED) is 0.721. The predicted molar refractivity (Wildman–Crippen MR) is 61.6 cm³/mol. The summed E-state index contributed by atoms with van der Waals surface area (Å²) in [6, 6.07) is 0. The van der Waals surface area contributed by atoms with Crippen molar-refractivity contribution < 1.29 is 0 Å². The molecule has 3 saturated heterocycles. The second kappa shape index (κ2) is 4.75. The van der Waals surface area contributed by atoms with E-state index in [2.05, 4.69) is 36.1 Å². The van der Waals surface area contributed by atoms with Crippen molar-refractivity contribution in [1.82, 2.24) is 25.5 Å². The van der Waals surface area contributed by atoms with E-state index in [1.165, 1.54) is 31.6 Å². The molecule has 0 atom stereocenters. The van der Waals surface area contributed by atoms with Gasteiger partial charge >= 0.3 is 0 Å². The van der Waals surface area contributed by atoms with Crippen molar-refractivity contribution in [1.29, 1.82) is 0 Å². The van der Waals surface area contributed by atoms with Crippen molar-refractivity contribution in [2.24, 2.45) is 11.0 Å². The maximum atomic E-state index is 4.35. The first-order valence-electron chi connectivity index (χ1n) is 5.20. The van der Waals surface area contributed by atoms with Crippen LogP contribution >= 0.6 is 12.4 Å². The fraction of sp³-hybridized carbons (Fsp3) is 0.750. The molecule has 0 amide bonds. The number of halogens is 1. The Hall–Kier alpha value is -1.21.